The van der Waals surface area contributed by atoms with Crippen molar-refractivity contribution < 1.29 is 24.1 Å². The van der Waals surface area contributed by atoms with E-state index in [-0.39, 0.29) is 30.8 Å². The number of hydrogen-bond acceptors (Lipinski definition) is 6. The zero-order valence-electron chi connectivity index (χ0n) is 24.3. The van der Waals surface area contributed by atoms with E-state index in [2.05, 4.69) is 29.7 Å². The molecule has 3 aromatic carbocycles. The number of benzene rings is 3. The lowest BCUT2D eigenvalue weighted by Gasteiger charge is -2.41. The summed E-state index contributed by atoms with van der Waals surface area (Å²) in [5, 5.41) is 28.1. The number of aromatic nitrogens is 1. The maximum absolute atomic E-state index is 12.3. The second kappa shape index (κ2) is 14.5. The summed E-state index contributed by atoms with van der Waals surface area (Å²) in [5.41, 5.74) is 5.76. The van der Waals surface area contributed by atoms with Crippen LogP contribution in [0.3, 0.4) is 0 Å². The maximum atomic E-state index is 12.3. The van der Waals surface area contributed by atoms with Crippen LogP contribution in [-0.2, 0) is 22.6 Å². The molecule has 43 heavy (non-hydrogen) atoms. The van der Waals surface area contributed by atoms with Crippen LogP contribution in [0.1, 0.15) is 48.5 Å². The van der Waals surface area contributed by atoms with Crippen molar-refractivity contribution in [3.05, 3.63) is 125 Å². The second-order valence-electron chi connectivity index (χ2n) is 10.5. The molecule has 1 fully saturated rings. The van der Waals surface area contributed by atoms with Crippen molar-refractivity contribution >= 4 is 17.8 Å². The van der Waals surface area contributed by atoms with Gasteiger partial charge in [-0.05, 0) is 52.9 Å². The van der Waals surface area contributed by atoms with Crippen LogP contribution in [0.2, 0.25) is 0 Å². The van der Waals surface area contributed by atoms with Crippen molar-refractivity contribution in [1.29, 1.82) is 0 Å². The number of thioether (sulfide) groups is 1. The molecule has 0 aliphatic carbocycles. The number of ether oxygens (including phenoxy) is 2. The normalized spacial score (nSPS) is 20.0. The number of aliphatic hydroxyl groups excluding tert-OH is 1. The first-order chi connectivity index (χ1) is 20.9. The highest BCUT2D eigenvalue weighted by Crippen LogP contribution is 2.43. The van der Waals surface area contributed by atoms with E-state index in [9.17, 15) is 15.1 Å². The number of urea groups is 1. The van der Waals surface area contributed by atoms with Gasteiger partial charge >= 0.3 is 6.03 Å². The molecule has 1 saturated heterocycles. The van der Waals surface area contributed by atoms with Crippen molar-refractivity contribution in [3.8, 4) is 11.1 Å². The number of pyridine rings is 1. The Balaban J connectivity index is 1.39. The Labute approximate surface area is 256 Å². The average Bonchev–Trinajstić information content (AvgIpc) is 3.04. The van der Waals surface area contributed by atoms with Crippen LogP contribution in [0.25, 0.3) is 11.1 Å². The Bertz CT molecular complexity index is 1520. The molecule has 0 spiro atoms. The molecule has 1 aliphatic rings. The number of hydrogen-bond donors (Lipinski definition) is 3. The van der Waals surface area contributed by atoms with E-state index in [4.69, 9.17) is 9.47 Å². The molecule has 0 unspecified atom stereocenters. The first kappa shape index (κ1) is 30.6. The number of aliphatic hydroxyl groups is 1. The summed E-state index contributed by atoms with van der Waals surface area (Å²) in [6.45, 7) is 4.97. The zero-order valence-corrected chi connectivity index (χ0v) is 25.1. The SMILES string of the molecule is CCNC(=O)NCc1cccc(-c2cccc([C@@H]3O[C@H](CSc4cccc[n+]4[O-])[C@H](C)[C@H](c4ccc(CO)cc4)O3)c2)c1. The van der Waals surface area contributed by atoms with Crippen LogP contribution in [-0.4, -0.2) is 29.5 Å². The number of carbonyl (C=O) groups excluding carboxylic acids is 1. The van der Waals surface area contributed by atoms with Gasteiger partial charge in [0.25, 0.3) is 5.03 Å². The molecular weight excluding hydrogens is 562 g/mol. The van der Waals surface area contributed by atoms with Gasteiger partial charge in [-0.15, -0.1) is 0 Å². The molecule has 0 saturated carbocycles. The highest BCUT2D eigenvalue weighted by atomic mass is 32.2. The predicted molar refractivity (Wildman–Crippen MR) is 167 cm³/mol. The van der Waals surface area contributed by atoms with Crippen LogP contribution in [0, 0.1) is 11.1 Å². The fraction of sp³-hybridized carbons (Fsp3) is 0.294. The Hall–Kier alpha value is -3.89. The predicted octanol–water partition coefficient (Wildman–Crippen LogP) is 5.88. The van der Waals surface area contributed by atoms with Crippen molar-refractivity contribution in [2.24, 2.45) is 5.92 Å². The van der Waals surface area contributed by atoms with Gasteiger partial charge in [0.15, 0.2) is 12.5 Å². The highest BCUT2D eigenvalue weighted by molar-refractivity contribution is 7.99. The Kier molecular flexibility index (Phi) is 10.3. The van der Waals surface area contributed by atoms with Gasteiger partial charge in [0.05, 0.1) is 18.8 Å². The van der Waals surface area contributed by atoms with Crippen molar-refractivity contribution in [3.63, 3.8) is 0 Å². The quantitative estimate of drug-likeness (QED) is 0.119. The van der Waals surface area contributed by atoms with Crippen LogP contribution < -0.4 is 15.4 Å². The average molecular weight is 600 g/mol. The van der Waals surface area contributed by atoms with E-state index < -0.39 is 6.29 Å². The van der Waals surface area contributed by atoms with Gasteiger partial charge in [-0.2, -0.15) is 4.73 Å². The highest BCUT2D eigenvalue weighted by Gasteiger charge is 2.38. The molecule has 3 N–H and O–H groups in total. The molecule has 9 heteroatoms. The van der Waals surface area contributed by atoms with Crippen LogP contribution in [0.4, 0.5) is 4.79 Å². The molecule has 4 aromatic rings. The molecule has 8 nitrogen and oxygen atoms in total. The minimum absolute atomic E-state index is 0.00446. The summed E-state index contributed by atoms with van der Waals surface area (Å²) in [6.07, 6.45) is 0.432. The van der Waals surface area contributed by atoms with E-state index >= 15 is 0 Å². The molecule has 5 rings (SSSR count). The summed E-state index contributed by atoms with van der Waals surface area (Å²) < 4.78 is 14.1. The molecule has 0 bridgehead atoms. The summed E-state index contributed by atoms with van der Waals surface area (Å²) in [6, 6.07) is 29.2. The zero-order chi connectivity index (χ0) is 30.2. The largest absolute Gasteiger partial charge is 0.618 e. The topological polar surface area (TPSA) is 107 Å². The monoisotopic (exact) mass is 599 g/mol. The van der Waals surface area contributed by atoms with E-state index in [0.29, 0.717) is 23.9 Å². The summed E-state index contributed by atoms with van der Waals surface area (Å²) in [5.74, 6) is 0.587. The number of rotatable bonds is 10. The Morgan fingerprint density at radius 3 is 2.42 bits per heavy atom. The third-order valence-corrected chi connectivity index (χ3v) is 8.62. The first-order valence-electron chi connectivity index (χ1n) is 14.5. The lowest BCUT2D eigenvalue weighted by atomic mass is 9.91. The van der Waals surface area contributed by atoms with Gasteiger partial charge in [0.1, 0.15) is 0 Å². The smallest absolute Gasteiger partial charge is 0.315 e. The molecule has 1 aliphatic heterocycles. The molecule has 2 heterocycles. The third kappa shape index (κ3) is 7.74. The van der Waals surface area contributed by atoms with Crippen molar-refractivity contribution in [2.45, 2.75) is 50.5 Å². The van der Waals surface area contributed by atoms with Crippen LogP contribution in [0.5, 0.6) is 0 Å². The lowest BCUT2D eigenvalue weighted by molar-refractivity contribution is -0.645. The standard InChI is InChI=1S/C34H37N3O5S/c1-3-35-34(39)36-20-25-8-6-9-27(18-25)28-10-7-11-29(19-28)33-41-30(22-43-31-12-4-5-17-37(31)40)23(2)32(42-33)26-15-13-24(21-38)14-16-26/h4-19,23,30,32-33,38H,3,20-22H2,1-2H3,(H2,35,36,39)/t23-,30+,32+,33+/m0/s1. The maximum Gasteiger partial charge on any atom is 0.315 e. The minimum atomic E-state index is -0.623. The van der Waals surface area contributed by atoms with Crippen LogP contribution >= 0.6 is 11.8 Å². The molecule has 1 aromatic heterocycles. The van der Waals surface area contributed by atoms with Gasteiger partial charge in [-0.3, -0.25) is 0 Å². The van der Waals surface area contributed by atoms with Gasteiger partial charge in [-0.25, -0.2) is 4.79 Å². The Morgan fingerprint density at radius 2 is 1.67 bits per heavy atom. The van der Waals surface area contributed by atoms with E-state index in [1.54, 1.807) is 6.07 Å². The molecule has 2 amide bonds. The summed E-state index contributed by atoms with van der Waals surface area (Å²) in [4.78, 5) is 11.9. The molecule has 4 atom stereocenters. The number of nitrogens with one attached hydrogen (secondary N) is 2. The van der Waals surface area contributed by atoms with Gasteiger partial charge in [0, 0.05) is 42.5 Å². The van der Waals surface area contributed by atoms with Crippen molar-refractivity contribution in [1.82, 2.24) is 10.6 Å². The van der Waals surface area contributed by atoms with Crippen molar-refractivity contribution in [2.75, 3.05) is 12.3 Å². The van der Waals surface area contributed by atoms with E-state index in [0.717, 1.165) is 38.1 Å². The van der Waals surface area contributed by atoms with Gasteiger partial charge in [0.2, 0.25) is 0 Å². The van der Waals surface area contributed by atoms with Gasteiger partial charge in [-0.1, -0.05) is 79.3 Å². The molecule has 0 radical (unpaired) electrons. The Morgan fingerprint density at radius 1 is 0.907 bits per heavy atom. The third-order valence-electron chi connectivity index (χ3n) is 7.52. The van der Waals surface area contributed by atoms with E-state index in [1.165, 1.54) is 18.0 Å². The fourth-order valence-electron chi connectivity index (χ4n) is 5.13. The van der Waals surface area contributed by atoms with E-state index in [1.807, 2.05) is 79.7 Å². The molecular formula is C34H37N3O5S. The summed E-state index contributed by atoms with van der Waals surface area (Å²) in [7, 11) is 0. The second-order valence-corrected chi connectivity index (χ2v) is 11.6. The molecule has 224 valence electrons. The number of amides is 2. The number of nitrogens with zero attached hydrogens (tertiary/aromatic N) is 1. The van der Waals surface area contributed by atoms with Gasteiger partial charge < -0.3 is 30.4 Å². The number of carbonyl (C=O) groups is 1. The fourth-order valence-corrected chi connectivity index (χ4v) is 6.21. The lowest BCUT2D eigenvalue weighted by Crippen LogP contribution is -2.39. The van der Waals surface area contributed by atoms with Crippen LogP contribution in [0.15, 0.2) is 102 Å². The minimum Gasteiger partial charge on any atom is -0.618 e. The first-order valence-corrected chi connectivity index (χ1v) is 15.5. The summed E-state index contributed by atoms with van der Waals surface area (Å²) >= 11 is 1.47.